The van der Waals surface area contributed by atoms with Gasteiger partial charge in [0.05, 0.1) is 21.6 Å². The highest BCUT2D eigenvalue weighted by molar-refractivity contribution is 6.30. The van der Waals surface area contributed by atoms with Crippen molar-refractivity contribution in [1.82, 2.24) is 9.55 Å². The van der Waals surface area contributed by atoms with Crippen molar-refractivity contribution < 1.29 is 23.8 Å². The van der Waals surface area contributed by atoms with Gasteiger partial charge in [0.15, 0.2) is 0 Å². The Morgan fingerprint density at radius 1 is 1.10 bits per heavy atom. The molecule has 1 heterocycles. The Morgan fingerprint density at radius 2 is 1.84 bits per heavy atom. The number of aromatic carboxylic acids is 1. The van der Waals surface area contributed by atoms with Gasteiger partial charge in [0.1, 0.15) is 35.5 Å². The Bertz CT molecular complexity index is 1260. The number of aryl methyl sites for hydroxylation is 1. The lowest BCUT2D eigenvalue weighted by Crippen LogP contribution is -2.04. The summed E-state index contributed by atoms with van der Waals surface area (Å²) < 4.78 is 26.9. The van der Waals surface area contributed by atoms with Gasteiger partial charge in [0.25, 0.3) is 0 Å². The average Bonchev–Trinajstić information content (AvgIpc) is 3.05. The maximum atomic E-state index is 13.6. The molecule has 0 spiro atoms. The number of benzene rings is 3. The van der Waals surface area contributed by atoms with E-state index in [9.17, 15) is 9.18 Å². The van der Waals surface area contributed by atoms with Crippen LogP contribution in [0.1, 0.15) is 16.2 Å². The first-order chi connectivity index (χ1) is 14.4. The highest BCUT2D eigenvalue weighted by Gasteiger charge is 2.11. The van der Waals surface area contributed by atoms with Crippen LogP contribution in [0.15, 0.2) is 60.7 Å². The molecule has 0 unspecified atom stereocenters. The maximum Gasteiger partial charge on any atom is 0.335 e. The molecule has 1 N–H and O–H groups in total. The highest BCUT2D eigenvalue weighted by Crippen LogP contribution is 2.28. The molecule has 0 atom stereocenters. The Kier molecular flexibility index (Phi) is 6.68. The summed E-state index contributed by atoms with van der Waals surface area (Å²) in [6.45, 7) is 0.160. The number of aromatic nitrogens is 2. The van der Waals surface area contributed by atoms with Crippen molar-refractivity contribution in [2.75, 3.05) is 0 Å². The second kappa shape index (κ2) is 9.24. The summed E-state index contributed by atoms with van der Waals surface area (Å²) in [5, 5.41) is 9.11. The van der Waals surface area contributed by atoms with Gasteiger partial charge >= 0.3 is 5.97 Å². The van der Waals surface area contributed by atoms with Gasteiger partial charge in [-0.15, -0.1) is 12.4 Å². The van der Waals surface area contributed by atoms with Gasteiger partial charge in [-0.3, -0.25) is 0 Å². The molecule has 1 aromatic heterocycles. The first-order valence-electron chi connectivity index (χ1n) is 8.95. The van der Waals surface area contributed by atoms with E-state index in [1.54, 1.807) is 36.4 Å². The number of hydrogen-bond acceptors (Lipinski definition) is 4. The molecule has 0 fully saturated rings. The molecule has 0 aliphatic rings. The van der Waals surface area contributed by atoms with Crippen molar-refractivity contribution in [2.45, 2.75) is 6.61 Å². The van der Waals surface area contributed by atoms with Gasteiger partial charge < -0.3 is 19.1 Å². The Hall–Kier alpha value is -3.29. The molecule has 160 valence electrons. The maximum absolute atomic E-state index is 13.6. The minimum Gasteiger partial charge on any atom is -0.486 e. The van der Waals surface area contributed by atoms with Gasteiger partial charge in [-0.2, -0.15) is 0 Å². The van der Waals surface area contributed by atoms with Crippen molar-refractivity contribution in [3.05, 3.63) is 82.9 Å². The molecule has 0 aliphatic carbocycles. The third-order valence-electron chi connectivity index (χ3n) is 4.52. The van der Waals surface area contributed by atoms with Gasteiger partial charge in [-0.1, -0.05) is 17.7 Å². The second-order valence-electron chi connectivity index (χ2n) is 6.54. The number of hydrogen-bond donors (Lipinski definition) is 1. The quantitative estimate of drug-likeness (QED) is 0.388. The summed E-state index contributed by atoms with van der Waals surface area (Å²) in [7, 11) is 1.84. The number of nitrogens with zero attached hydrogens (tertiary/aromatic N) is 2. The molecule has 0 saturated heterocycles. The number of rotatable bonds is 6. The van der Waals surface area contributed by atoms with Crippen LogP contribution >= 0.6 is 24.0 Å². The Morgan fingerprint density at radius 3 is 2.58 bits per heavy atom. The minimum atomic E-state index is -1.02. The summed E-state index contributed by atoms with van der Waals surface area (Å²) in [5.74, 6) is 0.378. The molecule has 4 aromatic rings. The van der Waals surface area contributed by atoms with Crippen molar-refractivity contribution in [3.8, 4) is 17.2 Å². The predicted molar refractivity (Wildman–Crippen MR) is 117 cm³/mol. The lowest BCUT2D eigenvalue weighted by atomic mass is 10.2. The van der Waals surface area contributed by atoms with Gasteiger partial charge in [-0.05, 0) is 42.5 Å². The standard InChI is InChI=1S/C22H16ClFN2O4.ClH/c1-26-20-11-16(30-15-5-7-17(23)18(24)10-15)6-8-19(20)25-21(26)12-29-14-4-2-3-13(9-14)22(27)28;/h2-11H,12H2,1H3,(H,27,28);1H. The molecule has 0 saturated carbocycles. The number of fused-ring (bicyclic) bond motifs is 1. The smallest absolute Gasteiger partial charge is 0.335 e. The summed E-state index contributed by atoms with van der Waals surface area (Å²) in [5.41, 5.74) is 1.70. The largest absolute Gasteiger partial charge is 0.486 e. The molecule has 0 amide bonds. The number of carboxylic acids is 1. The lowest BCUT2D eigenvalue weighted by Gasteiger charge is -2.08. The molecule has 0 radical (unpaired) electrons. The van der Waals surface area contributed by atoms with Crippen molar-refractivity contribution in [3.63, 3.8) is 0 Å². The summed E-state index contributed by atoms with van der Waals surface area (Å²) in [6.07, 6.45) is 0. The number of imidazole rings is 1. The van der Waals surface area contributed by atoms with Crippen LogP contribution in [-0.2, 0) is 13.7 Å². The molecule has 4 rings (SSSR count). The van der Waals surface area contributed by atoms with Crippen LogP contribution in [-0.4, -0.2) is 20.6 Å². The van der Waals surface area contributed by atoms with E-state index < -0.39 is 11.8 Å². The molecule has 0 bridgehead atoms. The fourth-order valence-electron chi connectivity index (χ4n) is 2.96. The normalized spacial score (nSPS) is 10.5. The lowest BCUT2D eigenvalue weighted by molar-refractivity contribution is 0.0696. The Labute approximate surface area is 188 Å². The molecule has 9 heteroatoms. The fourth-order valence-corrected chi connectivity index (χ4v) is 3.07. The zero-order valence-corrected chi connectivity index (χ0v) is 17.8. The zero-order chi connectivity index (χ0) is 21.3. The fraction of sp³-hybridized carbons (Fsp3) is 0.0909. The predicted octanol–water partition coefficient (Wildman–Crippen LogP) is 5.86. The number of ether oxygens (including phenoxy) is 2. The van der Waals surface area contributed by atoms with Gasteiger partial charge in [-0.25, -0.2) is 14.2 Å². The molecule has 3 aromatic carbocycles. The van der Waals surface area contributed by atoms with E-state index in [1.165, 1.54) is 24.3 Å². The summed E-state index contributed by atoms with van der Waals surface area (Å²) in [4.78, 5) is 15.6. The SMILES string of the molecule is Cl.Cn1c(COc2cccc(C(=O)O)c2)nc2ccc(Oc3ccc(Cl)c(F)c3)cc21. The van der Waals surface area contributed by atoms with Crippen LogP contribution in [0.25, 0.3) is 11.0 Å². The number of carboxylic acid groups (broad SMARTS) is 1. The third kappa shape index (κ3) is 4.90. The first kappa shape index (κ1) is 22.4. The zero-order valence-electron chi connectivity index (χ0n) is 16.2. The first-order valence-corrected chi connectivity index (χ1v) is 9.33. The third-order valence-corrected chi connectivity index (χ3v) is 4.83. The minimum absolute atomic E-state index is 0. The van der Waals surface area contributed by atoms with Crippen LogP contribution < -0.4 is 9.47 Å². The Balaban J connectivity index is 0.00000272. The topological polar surface area (TPSA) is 73.6 Å². The van der Waals surface area contributed by atoms with Gasteiger partial charge in [0.2, 0.25) is 0 Å². The number of halogens is 3. The highest BCUT2D eigenvalue weighted by atomic mass is 35.5. The van der Waals surface area contributed by atoms with E-state index >= 15 is 0 Å². The molecular formula is C22H17Cl2FN2O4. The second-order valence-corrected chi connectivity index (χ2v) is 6.94. The van der Waals surface area contributed by atoms with E-state index in [1.807, 2.05) is 11.6 Å². The average molecular weight is 463 g/mol. The van der Waals surface area contributed by atoms with Crippen LogP contribution in [0, 0.1) is 5.82 Å². The molecular weight excluding hydrogens is 446 g/mol. The van der Waals surface area contributed by atoms with E-state index in [2.05, 4.69) is 4.98 Å². The molecule has 0 aliphatic heterocycles. The van der Waals surface area contributed by atoms with E-state index in [0.717, 1.165) is 11.0 Å². The van der Waals surface area contributed by atoms with Crippen LogP contribution in [0.2, 0.25) is 5.02 Å². The van der Waals surface area contributed by atoms with E-state index in [-0.39, 0.29) is 29.6 Å². The monoisotopic (exact) mass is 462 g/mol. The van der Waals surface area contributed by atoms with E-state index in [4.69, 9.17) is 26.2 Å². The van der Waals surface area contributed by atoms with Crippen LogP contribution in [0.5, 0.6) is 17.2 Å². The van der Waals surface area contributed by atoms with Gasteiger partial charge in [0, 0.05) is 19.2 Å². The van der Waals surface area contributed by atoms with Crippen molar-refractivity contribution in [2.24, 2.45) is 7.05 Å². The molecule has 6 nitrogen and oxygen atoms in total. The van der Waals surface area contributed by atoms with Crippen molar-refractivity contribution in [1.29, 1.82) is 0 Å². The van der Waals surface area contributed by atoms with Crippen LogP contribution in [0.3, 0.4) is 0 Å². The van der Waals surface area contributed by atoms with Crippen LogP contribution in [0.4, 0.5) is 4.39 Å². The van der Waals surface area contributed by atoms with Crippen molar-refractivity contribution >= 4 is 41.0 Å². The summed E-state index contributed by atoms with van der Waals surface area (Å²) in [6, 6.07) is 15.8. The summed E-state index contributed by atoms with van der Waals surface area (Å²) >= 11 is 5.70. The number of carbonyl (C=O) groups is 1. The van der Waals surface area contributed by atoms with E-state index in [0.29, 0.717) is 23.1 Å². The molecule has 31 heavy (non-hydrogen) atoms.